The Bertz CT molecular complexity index is 1460. The molecule has 0 aromatic carbocycles. The van der Waals surface area contributed by atoms with Crippen molar-refractivity contribution in [3.05, 3.63) is 0 Å². The Labute approximate surface area is 412 Å². The molecule has 402 valence electrons. The summed E-state index contributed by atoms with van der Waals surface area (Å²) in [6.07, 6.45) is 22.8. The molecule has 0 bridgehead atoms. The highest BCUT2D eigenvalue weighted by molar-refractivity contribution is 7.47. The molecular weight excluding hydrogens is 916 g/mol. The summed E-state index contributed by atoms with van der Waals surface area (Å²) in [6, 6.07) is -0.742. The van der Waals surface area contributed by atoms with Crippen molar-refractivity contribution < 1.29 is 66.3 Å². The van der Waals surface area contributed by atoms with E-state index in [0.29, 0.717) is 45.2 Å². The number of carbonyl (C=O) groups excluding carboxylic acids is 7. The first-order valence-corrected chi connectivity index (χ1v) is 27.1. The molecule has 0 radical (unpaired) electrons. The Balaban J connectivity index is 3.81. The highest BCUT2D eigenvalue weighted by Gasteiger charge is 2.23. The van der Waals surface area contributed by atoms with E-state index in [-0.39, 0.29) is 82.8 Å². The van der Waals surface area contributed by atoms with Crippen LogP contribution in [-0.4, -0.2) is 124 Å². The maximum atomic E-state index is 12.3. The van der Waals surface area contributed by atoms with Crippen molar-refractivity contribution in [1.82, 2.24) is 31.9 Å². The molecule has 7 N–H and O–H groups in total. The zero-order valence-corrected chi connectivity index (χ0v) is 43.7. The standard InChI is InChI=1S/C48H91N6O14P/c1-6-7-8-9-10-11-12-13-14-15-16-17-18-19-22-26-45(59)64-31-25-32-67-69(62,63)68-34-30-51-47(61)65-33-27-48(4,5)66-38-44(58)50-29-24-21-20-23-28-49-42(56)36-52-43(57)37-53-46(60)41(54-39-55)35-40(2)3/h39-41H,6-38H2,1-5H3,(H,49,56)(H,50,58)(H,51,61)(H,52,57)(H,53,60)(H,54,55)(H,62,63). The van der Waals surface area contributed by atoms with E-state index in [0.717, 1.165) is 38.5 Å². The first-order chi connectivity index (χ1) is 33.0. The fraction of sp³-hybridized carbons (Fsp3) is 0.854. The normalized spacial score (nSPS) is 12.6. The highest BCUT2D eigenvalue weighted by atomic mass is 31.2. The maximum absolute atomic E-state index is 12.3. The van der Waals surface area contributed by atoms with Crippen LogP contribution in [0.3, 0.4) is 0 Å². The number of unbranched alkanes of at least 4 members (excludes halogenated alkanes) is 17. The van der Waals surface area contributed by atoms with Crippen LogP contribution >= 0.6 is 7.82 Å². The van der Waals surface area contributed by atoms with Gasteiger partial charge in [0.2, 0.25) is 30.0 Å². The predicted molar refractivity (Wildman–Crippen MR) is 264 cm³/mol. The summed E-state index contributed by atoms with van der Waals surface area (Å²) in [6.45, 7) is 9.18. The third-order valence-corrected chi connectivity index (χ3v) is 11.9. The number of nitrogens with one attached hydrogen (secondary N) is 6. The number of carbonyl (C=O) groups is 7. The van der Waals surface area contributed by atoms with Crippen LogP contribution in [0.5, 0.6) is 0 Å². The fourth-order valence-corrected chi connectivity index (χ4v) is 7.53. The van der Waals surface area contributed by atoms with Gasteiger partial charge in [-0.15, -0.1) is 0 Å². The molecule has 0 aromatic heterocycles. The van der Waals surface area contributed by atoms with Crippen LogP contribution in [0.25, 0.3) is 0 Å². The second kappa shape index (κ2) is 43.0. The van der Waals surface area contributed by atoms with Crippen molar-refractivity contribution in [3.8, 4) is 0 Å². The molecule has 20 nitrogen and oxygen atoms in total. The number of esters is 1. The molecule has 0 heterocycles. The van der Waals surface area contributed by atoms with Gasteiger partial charge in [0.15, 0.2) is 0 Å². The number of phosphoric acid groups is 1. The summed E-state index contributed by atoms with van der Waals surface area (Å²) in [5, 5.41) is 15.2. The van der Waals surface area contributed by atoms with Gasteiger partial charge in [0.05, 0.1) is 45.1 Å². The summed E-state index contributed by atoms with van der Waals surface area (Å²) in [7, 11) is -4.37. The molecule has 0 aromatic rings. The van der Waals surface area contributed by atoms with Crippen molar-refractivity contribution in [1.29, 1.82) is 0 Å². The number of alkyl carbamates (subject to hydrolysis) is 1. The van der Waals surface area contributed by atoms with E-state index in [4.69, 9.17) is 23.3 Å². The lowest BCUT2D eigenvalue weighted by Gasteiger charge is -2.24. The minimum atomic E-state index is -4.37. The lowest BCUT2D eigenvalue weighted by molar-refractivity contribution is -0.144. The number of rotatable bonds is 47. The monoisotopic (exact) mass is 1010 g/mol. The van der Waals surface area contributed by atoms with Crippen LogP contribution in [-0.2, 0) is 56.6 Å². The van der Waals surface area contributed by atoms with Gasteiger partial charge in [-0.1, -0.05) is 124 Å². The van der Waals surface area contributed by atoms with Crippen molar-refractivity contribution in [2.75, 3.05) is 65.8 Å². The minimum absolute atomic E-state index is 0.0108. The van der Waals surface area contributed by atoms with Gasteiger partial charge in [0.1, 0.15) is 12.6 Å². The number of phosphoric ester groups is 1. The Morgan fingerprint density at radius 2 is 1.12 bits per heavy atom. The molecule has 69 heavy (non-hydrogen) atoms. The molecule has 0 fully saturated rings. The zero-order chi connectivity index (χ0) is 51.4. The first-order valence-electron chi connectivity index (χ1n) is 25.6. The molecule has 21 heteroatoms. The summed E-state index contributed by atoms with van der Waals surface area (Å²) in [5.41, 5.74) is -0.777. The zero-order valence-electron chi connectivity index (χ0n) is 42.8. The first kappa shape index (κ1) is 65.2. The van der Waals surface area contributed by atoms with Crippen LogP contribution in [0.2, 0.25) is 0 Å². The summed E-state index contributed by atoms with van der Waals surface area (Å²) in [4.78, 5) is 93.2. The van der Waals surface area contributed by atoms with Gasteiger partial charge >= 0.3 is 19.9 Å². The Morgan fingerprint density at radius 1 is 0.594 bits per heavy atom. The van der Waals surface area contributed by atoms with Crippen molar-refractivity contribution in [3.63, 3.8) is 0 Å². The van der Waals surface area contributed by atoms with Crippen molar-refractivity contribution >= 4 is 49.9 Å². The number of ether oxygens (including phenoxy) is 3. The van der Waals surface area contributed by atoms with Gasteiger partial charge in [-0.3, -0.25) is 37.8 Å². The summed E-state index contributed by atoms with van der Waals surface area (Å²) in [5.74, 6) is -1.80. The molecule has 0 saturated carbocycles. The second-order valence-corrected chi connectivity index (χ2v) is 19.8. The van der Waals surface area contributed by atoms with Crippen molar-refractivity contribution in [2.45, 2.75) is 194 Å². The predicted octanol–water partition coefficient (Wildman–Crippen LogP) is 6.41. The third kappa shape index (κ3) is 43.9. The molecule has 6 amide bonds. The smallest absolute Gasteiger partial charge is 0.466 e. The highest BCUT2D eigenvalue weighted by Crippen LogP contribution is 2.42. The third-order valence-electron chi connectivity index (χ3n) is 10.9. The Kier molecular flexibility index (Phi) is 40.6. The lowest BCUT2D eigenvalue weighted by atomic mass is 10.0. The molecule has 0 rings (SSSR count). The van der Waals surface area contributed by atoms with E-state index in [1.54, 1.807) is 13.8 Å². The molecule has 0 aliphatic rings. The number of amides is 6. The van der Waals surface area contributed by atoms with Crippen molar-refractivity contribution in [2.24, 2.45) is 5.92 Å². The molecular formula is C48H91N6O14P. The second-order valence-electron chi connectivity index (χ2n) is 18.3. The molecule has 2 atom stereocenters. The van der Waals surface area contributed by atoms with Gasteiger partial charge < -0.3 is 51.0 Å². The van der Waals surface area contributed by atoms with Crippen LogP contribution in [0, 0.1) is 5.92 Å². The van der Waals surface area contributed by atoms with E-state index >= 15 is 0 Å². The van der Waals surface area contributed by atoms with Gasteiger partial charge in [-0.05, 0) is 45.4 Å². The molecule has 2 unspecified atom stereocenters. The Morgan fingerprint density at radius 3 is 1.70 bits per heavy atom. The number of hydrogen-bond donors (Lipinski definition) is 7. The molecule has 0 aliphatic carbocycles. The Hall–Kier alpha value is -3.84. The lowest BCUT2D eigenvalue weighted by Crippen LogP contribution is -2.48. The van der Waals surface area contributed by atoms with E-state index in [2.05, 4.69) is 38.8 Å². The van der Waals surface area contributed by atoms with Crippen LogP contribution < -0.4 is 31.9 Å². The van der Waals surface area contributed by atoms with Gasteiger partial charge in [0, 0.05) is 38.9 Å². The largest absolute Gasteiger partial charge is 0.472 e. The quantitative estimate of drug-likeness (QED) is 0.0150. The van der Waals surface area contributed by atoms with Gasteiger partial charge in [-0.2, -0.15) is 0 Å². The SMILES string of the molecule is CCCCCCCCCCCCCCCCCC(=O)OCCCOP(=O)(O)OCCNC(=O)OCCC(C)(C)OCC(=O)NCCCCCCNC(=O)CNC(=O)CNC(=O)C(CC(C)C)NC=O. The minimum Gasteiger partial charge on any atom is -0.466 e. The van der Waals surface area contributed by atoms with Crippen LogP contribution in [0.1, 0.15) is 182 Å². The van der Waals surface area contributed by atoms with E-state index in [1.165, 1.54) is 77.0 Å². The van der Waals surface area contributed by atoms with Gasteiger partial charge in [0.25, 0.3) is 0 Å². The van der Waals surface area contributed by atoms with Crippen LogP contribution in [0.4, 0.5) is 4.79 Å². The molecule has 0 aliphatic heterocycles. The van der Waals surface area contributed by atoms with Gasteiger partial charge in [-0.25, -0.2) is 9.36 Å². The van der Waals surface area contributed by atoms with E-state index < -0.39 is 37.4 Å². The average Bonchev–Trinajstić information content (AvgIpc) is 3.29. The summed E-state index contributed by atoms with van der Waals surface area (Å²) >= 11 is 0. The van der Waals surface area contributed by atoms with Crippen LogP contribution in [0.15, 0.2) is 0 Å². The average molecular weight is 1010 g/mol. The number of hydrogen-bond acceptors (Lipinski definition) is 13. The topological polar surface area (TPSA) is 275 Å². The summed E-state index contributed by atoms with van der Waals surface area (Å²) < 4.78 is 38.0. The van der Waals surface area contributed by atoms with E-state index in [9.17, 15) is 43.0 Å². The van der Waals surface area contributed by atoms with E-state index in [1.807, 2.05) is 13.8 Å². The molecule has 0 spiro atoms. The fourth-order valence-electron chi connectivity index (χ4n) is 6.77. The molecule has 0 saturated heterocycles. The maximum Gasteiger partial charge on any atom is 0.472 e.